The van der Waals surface area contributed by atoms with Crippen molar-refractivity contribution in [1.82, 2.24) is 10.2 Å². The zero-order chi connectivity index (χ0) is 26.2. The number of benzene rings is 2. The average molecular weight is 511 g/mol. The van der Waals surface area contributed by atoms with Crippen molar-refractivity contribution in [3.8, 4) is 11.1 Å². The second-order valence-corrected chi connectivity index (χ2v) is 8.69. The van der Waals surface area contributed by atoms with E-state index in [4.69, 9.17) is 18.9 Å². The number of carbonyl (C=O) groups is 3. The summed E-state index contributed by atoms with van der Waals surface area (Å²) >= 11 is 0. The number of nitrogens with zero attached hydrogens (tertiary/aromatic N) is 1. The number of hydrogen-bond donors (Lipinski definition) is 2. The van der Waals surface area contributed by atoms with Gasteiger partial charge in [0.15, 0.2) is 6.04 Å². The first-order chi connectivity index (χ1) is 18.0. The van der Waals surface area contributed by atoms with Crippen molar-refractivity contribution < 1.29 is 38.4 Å². The smallest absolute Gasteiger partial charge is 0.410 e. The lowest BCUT2D eigenvalue weighted by molar-refractivity contribution is -0.141. The van der Waals surface area contributed by atoms with E-state index < -0.39 is 30.2 Å². The predicted molar refractivity (Wildman–Crippen MR) is 133 cm³/mol. The van der Waals surface area contributed by atoms with Crippen LogP contribution in [-0.4, -0.2) is 86.4 Å². The Bertz CT molecular complexity index is 1090. The van der Waals surface area contributed by atoms with E-state index in [1.54, 1.807) is 0 Å². The third-order valence-corrected chi connectivity index (χ3v) is 6.32. The third kappa shape index (κ3) is 6.28. The minimum atomic E-state index is -1.33. The van der Waals surface area contributed by atoms with Crippen molar-refractivity contribution in [2.24, 2.45) is 0 Å². The Labute approximate surface area is 214 Å². The Balaban J connectivity index is 1.29. The molecule has 1 heterocycles. The molecule has 0 spiro atoms. The van der Waals surface area contributed by atoms with Crippen LogP contribution in [0.4, 0.5) is 9.59 Å². The van der Waals surface area contributed by atoms with E-state index in [1.807, 2.05) is 48.5 Å². The summed E-state index contributed by atoms with van der Waals surface area (Å²) in [5.41, 5.74) is 4.30. The highest BCUT2D eigenvalue weighted by Gasteiger charge is 2.31. The number of fused-ring (bicyclic) bond motifs is 3. The molecule has 10 nitrogen and oxygen atoms in total. The predicted octanol–water partition coefficient (Wildman–Crippen LogP) is 3.02. The molecule has 2 aromatic rings. The Kier molecular flexibility index (Phi) is 8.76. The maximum absolute atomic E-state index is 12.5. The van der Waals surface area contributed by atoms with Gasteiger partial charge in [-0.15, -0.1) is 0 Å². The lowest BCUT2D eigenvalue weighted by Crippen LogP contribution is -2.52. The molecule has 2 aromatic carbocycles. The zero-order valence-electron chi connectivity index (χ0n) is 20.3. The fourth-order valence-electron chi connectivity index (χ4n) is 4.53. The van der Waals surface area contributed by atoms with Crippen LogP contribution in [0.3, 0.4) is 0 Å². The average Bonchev–Trinajstić information content (AvgIpc) is 3.23. The number of nitrogens with one attached hydrogen (secondary N) is 1. The van der Waals surface area contributed by atoms with Gasteiger partial charge in [0.25, 0.3) is 0 Å². The first-order valence-electron chi connectivity index (χ1n) is 12.0. The zero-order valence-corrected chi connectivity index (χ0v) is 20.3. The number of carboxylic acid groups (broad SMARTS) is 1. The fourth-order valence-corrected chi connectivity index (χ4v) is 4.53. The summed E-state index contributed by atoms with van der Waals surface area (Å²) in [7, 11) is 0. The Morgan fingerprint density at radius 3 is 2.41 bits per heavy atom. The summed E-state index contributed by atoms with van der Waals surface area (Å²) < 4.78 is 21.5. The molecule has 37 heavy (non-hydrogen) atoms. The lowest BCUT2D eigenvalue weighted by Gasteiger charge is -2.34. The standard InChI is InChI=1S/C27H30N2O8/c1-2-12-36-27(33)29-11-13-34-14-18(29)15-35-17-24(25(30)31)28-26(32)37-16-23-21-9-5-3-7-19(21)20-8-4-6-10-22(20)23/h2-10,18,23-24H,1,11-17H2,(H,28,32)(H,30,31)/t18-,24?/m0/s1. The molecule has 1 saturated heterocycles. The largest absolute Gasteiger partial charge is 0.480 e. The first-order valence-corrected chi connectivity index (χ1v) is 12.0. The molecular weight excluding hydrogens is 480 g/mol. The van der Waals surface area contributed by atoms with Crippen LogP contribution in [0.25, 0.3) is 11.1 Å². The molecule has 4 rings (SSSR count). The number of carbonyl (C=O) groups excluding carboxylic acids is 2. The highest BCUT2D eigenvalue weighted by Crippen LogP contribution is 2.44. The number of morpholine rings is 1. The van der Waals surface area contributed by atoms with Crippen LogP contribution in [0, 0.1) is 0 Å². The molecule has 0 aromatic heterocycles. The summed E-state index contributed by atoms with van der Waals surface area (Å²) in [5, 5.41) is 11.9. The van der Waals surface area contributed by atoms with E-state index in [0.717, 1.165) is 22.3 Å². The van der Waals surface area contributed by atoms with E-state index in [1.165, 1.54) is 11.0 Å². The fraction of sp³-hybridized carbons (Fsp3) is 0.370. The van der Waals surface area contributed by atoms with Crippen molar-refractivity contribution in [3.63, 3.8) is 0 Å². The Morgan fingerprint density at radius 2 is 1.76 bits per heavy atom. The van der Waals surface area contributed by atoms with Gasteiger partial charge in [-0.1, -0.05) is 61.2 Å². The van der Waals surface area contributed by atoms with Gasteiger partial charge in [0, 0.05) is 12.5 Å². The molecule has 2 N–H and O–H groups in total. The molecule has 2 amide bonds. The molecule has 1 fully saturated rings. The van der Waals surface area contributed by atoms with Crippen LogP contribution in [0.5, 0.6) is 0 Å². The van der Waals surface area contributed by atoms with Gasteiger partial charge < -0.3 is 29.4 Å². The number of aliphatic carboxylic acids is 1. The highest BCUT2D eigenvalue weighted by atomic mass is 16.6. The lowest BCUT2D eigenvalue weighted by atomic mass is 9.98. The maximum Gasteiger partial charge on any atom is 0.410 e. The molecule has 2 aliphatic rings. The number of amides is 2. The van der Waals surface area contributed by atoms with Gasteiger partial charge in [-0.05, 0) is 22.3 Å². The number of ether oxygens (including phenoxy) is 4. The van der Waals surface area contributed by atoms with Crippen LogP contribution in [0.1, 0.15) is 17.0 Å². The van der Waals surface area contributed by atoms with Crippen LogP contribution >= 0.6 is 0 Å². The monoisotopic (exact) mass is 510 g/mol. The normalized spacial score (nSPS) is 17.3. The van der Waals surface area contributed by atoms with Crippen molar-refractivity contribution in [2.45, 2.75) is 18.0 Å². The van der Waals surface area contributed by atoms with Crippen LogP contribution < -0.4 is 5.32 Å². The van der Waals surface area contributed by atoms with E-state index in [0.29, 0.717) is 13.2 Å². The number of hydrogen-bond acceptors (Lipinski definition) is 7. The molecule has 1 aliphatic carbocycles. The quantitative estimate of drug-likeness (QED) is 0.468. The summed E-state index contributed by atoms with van der Waals surface area (Å²) in [4.78, 5) is 37.9. The number of carboxylic acids is 1. The molecular formula is C27H30N2O8. The molecule has 0 bridgehead atoms. The summed E-state index contributed by atoms with van der Waals surface area (Å²) in [6.07, 6.45) is 0.0906. The number of alkyl carbamates (subject to hydrolysis) is 1. The van der Waals surface area contributed by atoms with Crippen LogP contribution in [0.15, 0.2) is 61.2 Å². The Hall–Kier alpha value is -3.89. The van der Waals surface area contributed by atoms with E-state index in [9.17, 15) is 19.5 Å². The molecule has 0 radical (unpaired) electrons. The van der Waals surface area contributed by atoms with Gasteiger partial charge in [-0.2, -0.15) is 0 Å². The molecule has 1 aliphatic heterocycles. The highest BCUT2D eigenvalue weighted by molar-refractivity contribution is 5.81. The van der Waals surface area contributed by atoms with Crippen LogP contribution in [-0.2, 0) is 23.7 Å². The van der Waals surface area contributed by atoms with Crippen molar-refractivity contribution >= 4 is 18.2 Å². The maximum atomic E-state index is 12.5. The summed E-state index contributed by atoms with van der Waals surface area (Å²) in [6, 6.07) is 14.1. The molecule has 1 unspecified atom stereocenters. The topological polar surface area (TPSA) is 124 Å². The van der Waals surface area contributed by atoms with E-state index >= 15 is 0 Å². The second kappa shape index (κ2) is 12.4. The third-order valence-electron chi connectivity index (χ3n) is 6.32. The van der Waals surface area contributed by atoms with Crippen LogP contribution in [0.2, 0.25) is 0 Å². The number of rotatable bonds is 10. The molecule has 10 heteroatoms. The van der Waals surface area contributed by atoms with Gasteiger partial charge in [0.2, 0.25) is 0 Å². The van der Waals surface area contributed by atoms with Crippen molar-refractivity contribution in [2.75, 3.05) is 46.2 Å². The molecule has 2 atom stereocenters. The Morgan fingerprint density at radius 1 is 1.08 bits per heavy atom. The van der Waals surface area contributed by atoms with E-state index in [-0.39, 0.29) is 39.0 Å². The van der Waals surface area contributed by atoms with Gasteiger partial charge in [0.05, 0.1) is 32.5 Å². The molecule has 196 valence electrons. The first kappa shape index (κ1) is 26.2. The van der Waals surface area contributed by atoms with Gasteiger partial charge >= 0.3 is 18.2 Å². The van der Waals surface area contributed by atoms with Crippen molar-refractivity contribution in [3.05, 3.63) is 72.3 Å². The van der Waals surface area contributed by atoms with Gasteiger partial charge in [-0.25, -0.2) is 14.4 Å². The second-order valence-electron chi connectivity index (χ2n) is 8.69. The van der Waals surface area contributed by atoms with E-state index in [2.05, 4.69) is 11.9 Å². The minimum Gasteiger partial charge on any atom is -0.480 e. The van der Waals surface area contributed by atoms with Gasteiger partial charge in [0.1, 0.15) is 13.2 Å². The summed E-state index contributed by atoms with van der Waals surface area (Å²) in [5.74, 6) is -1.41. The minimum absolute atomic E-state index is 0.0132. The van der Waals surface area contributed by atoms with Crippen molar-refractivity contribution in [1.29, 1.82) is 0 Å². The summed E-state index contributed by atoms with van der Waals surface area (Å²) in [6.45, 7) is 4.27. The van der Waals surface area contributed by atoms with Gasteiger partial charge in [-0.3, -0.25) is 4.90 Å². The SMILES string of the molecule is C=CCOC(=O)N1CCOC[C@H]1COCC(NC(=O)OCC1c2ccccc2-c2ccccc21)C(=O)O. The molecule has 0 saturated carbocycles.